The van der Waals surface area contributed by atoms with Crippen LogP contribution in [0.3, 0.4) is 0 Å². The number of carbonyl (C=O) groups excluding carboxylic acids is 1. The van der Waals surface area contributed by atoms with Gasteiger partial charge in [-0.3, -0.25) is 9.48 Å². The number of carbonyl (C=O) groups is 1. The minimum atomic E-state index is -0.428. The van der Waals surface area contributed by atoms with Gasteiger partial charge in [-0.15, -0.1) is 0 Å². The molecule has 2 saturated heterocycles. The van der Waals surface area contributed by atoms with Crippen molar-refractivity contribution in [2.24, 2.45) is 7.05 Å². The molecule has 0 aliphatic carbocycles. The SMILES string of the molecule is Cn1cccc1C(=O)N1CCOCC2(CCC(Cn3cncn3)O2)C1. The normalized spacial score (nSPS) is 26.9. The van der Waals surface area contributed by atoms with Crippen molar-refractivity contribution in [3.8, 4) is 0 Å². The molecule has 2 aliphatic heterocycles. The summed E-state index contributed by atoms with van der Waals surface area (Å²) in [6.45, 7) is 2.88. The van der Waals surface area contributed by atoms with Crippen molar-refractivity contribution in [2.75, 3.05) is 26.3 Å². The second kappa shape index (κ2) is 6.61. The number of nitrogens with zero attached hydrogens (tertiary/aromatic N) is 5. The summed E-state index contributed by atoms with van der Waals surface area (Å²) in [5, 5.41) is 4.15. The molecule has 2 aliphatic rings. The summed E-state index contributed by atoms with van der Waals surface area (Å²) >= 11 is 0. The van der Waals surface area contributed by atoms with Crippen LogP contribution in [-0.4, -0.2) is 68.1 Å². The molecule has 2 unspecified atom stereocenters. The Balaban J connectivity index is 1.46. The van der Waals surface area contributed by atoms with E-state index in [0.717, 1.165) is 12.8 Å². The zero-order valence-corrected chi connectivity index (χ0v) is 14.4. The fourth-order valence-electron chi connectivity index (χ4n) is 3.71. The Hall–Kier alpha value is -2.19. The molecule has 2 fully saturated rings. The monoisotopic (exact) mass is 345 g/mol. The highest BCUT2D eigenvalue weighted by atomic mass is 16.6. The first-order valence-electron chi connectivity index (χ1n) is 8.64. The van der Waals surface area contributed by atoms with E-state index in [4.69, 9.17) is 9.47 Å². The summed E-state index contributed by atoms with van der Waals surface area (Å²) in [6.07, 6.45) is 6.98. The van der Waals surface area contributed by atoms with Crippen LogP contribution in [0, 0.1) is 0 Å². The average Bonchev–Trinajstić information content (AvgIpc) is 3.30. The molecule has 4 heterocycles. The van der Waals surface area contributed by atoms with E-state index in [2.05, 4.69) is 10.1 Å². The molecule has 0 radical (unpaired) electrons. The van der Waals surface area contributed by atoms with Gasteiger partial charge in [0.25, 0.3) is 5.91 Å². The van der Waals surface area contributed by atoms with Crippen LogP contribution in [0.25, 0.3) is 0 Å². The first-order valence-corrected chi connectivity index (χ1v) is 8.64. The van der Waals surface area contributed by atoms with Crippen molar-refractivity contribution < 1.29 is 14.3 Å². The van der Waals surface area contributed by atoms with Crippen molar-refractivity contribution in [2.45, 2.75) is 31.1 Å². The lowest BCUT2D eigenvalue weighted by atomic mass is 10.00. The van der Waals surface area contributed by atoms with Crippen molar-refractivity contribution in [3.05, 3.63) is 36.7 Å². The number of hydrogen-bond donors (Lipinski definition) is 0. The van der Waals surface area contributed by atoms with Crippen LogP contribution in [-0.2, 0) is 23.1 Å². The van der Waals surface area contributed by atoms with E-state index in [-0.39, 0.29) is 12.0 Å². The molecule has 2 atom stereocenters. The quantitative estimate of drug-likeness (QED) is 0.819. The second-order valence-corrected chi connectivity index (χ2v) is 6.86. The summed E-state index contributed by atoms with van der Waals surface area (Å²) in [5.74, 6) is 0.0284. The lowest BCUT2D eigenvalue weighted by Gasteiger charge is -2.32. The van der Waals surface area contributed by atoms with Crippen LogP contribution < -0.4 is 0 Å². The number of rotatable bonds is 3. The Morgan fingerprint density at radius 2 is 2.40 bits per heavy atom. The number of aryl methyl sites for hydroxylation is 1. The maximum atomic E-state index is 12.9. The van der Waals surface area contributed by atoms with Crippen LogP contribution in [0.2, 0.25) is 0 Å². The molecule has 0 N–H and O–H groups in total. The molecular formula is C17H23N5O3. The third-order valence-electron chi connectivity index (χ3n) is 5.00. The highest BCUT2D eigenvalue weighted by Gasteiger charge is 2.44. The molecule has 0 aromatic carbocycles. The van der Waals surface area contributed by atoms with Gasteiger partial charge in [0.15, 0.2) is 0 Å². The molecule has 25 heavy (non-hydrogen) atoms. The van der Waals surface area contributed by atoms with E-state index >= 15 is 0 Å². The fraction of sp³-hybridized carbons (Fsp3) is 0.588. The molecule has 8 heteroatoms. The Morgan fingerprint density at radius 1 is 1.48 bits per heavy atom. The van der Waals surface area contributed by atoms with E-state index < -0.39 is 5.60 Å². The zero-order valence-electron chi connectivity index (χ0n) is 14.4. The van der Waals surface area contributed by atoms with Crippen LogP contribution >= 0.6 is 0 Å². The van der Waals surface area contributed by atoms with Gasteiger partial charge in [0.1, 0.15) is 23.9 Å². The van der Waals surface area contributed by atoms with E-state index in [9.17, 15) is 4.79 Å². The summed E-state index contributed by atoms with van der Waals surface area (Å²) < 4.78 is 15.8. The predicted octanol–water partition coefficient (Wildman–Crippen LogP) is 0.707. The standard InChI is InChI=1S/C17H23N5O3/c1-20-6-2-3-15(20)16(23)21-7-8-24-11-17(10-21)5-4-14(25-17)9-22-13-18-12-19-22/h2-3,6,12-14H,4-5,7-11H2,1H3. The van der Waals surface area contributed by atoms with E-state index in [1.165, 1.54) is 6.33 Å². The molecule has 1 amide bonds. The Labute approximate surface area is 146 Å². The highest BCUT2D eigenvalue weighted by molar-refractivity contribution is 5.92. The number of amides is 1. The van der Waals surface area contributed by atoms with Gasteiger partial charge in [-0.25, -0.2) is 4.98 Å². The molecule has 2 aromatic rings. The first kappa shape index (κ1) is 16.3. The van der Waals surface area contributed by atoms with Gasteiger partial charge in [-0.1, -0.05) is 0 Å². The lowest BCUT2D eigenvalue weighted by Crippen LogP contribution is -2.47. The zero-order chi connectivity index (χ0) is 17.3. The van der Waals surface area contributed by atoms with E-state index in [1.54, 1.807) is 11.0 Å². The van der Waals surface area contributed by atoms with Gasteiger partial charge in [0.2, 0.25) is 0 Å². The summed E-state index contributed by atoms with van der Waals surface area (Å²) in [4.78, 5) is 18.7. The van der Waals surface area contributed by atoms with Crippen molar-refractivity contribution in [1.82, 2.24) is 24.2 Å². The molecule has 4 rings (SSSR count). The minimum Gasteiger partial charge on any atom is -0.377 e. The molecule has 0 saturated carbocycles. The lowest BCUT2D eigenvalue weighted by molar-refractivity contribution is -0.0881. The largest absolute Gasteiger partial charge is 0.377 e. The third kappa shape index (κ3) is 3.32. The fourth-order valence-corrected chi connectivity index (χ4v) is 3.71. The summed E-state index contributed by atoms with van der Waals surface area (Å²) in [5.41, 5.74) is 0.261. The second-order valence-electron chi connectivity index (χ2n) is 6.86. The van der Waals surface area contributed by atoms with Gasteiger partial charge in [0, 0.05) is 19.8 Å². The molecule has 8 nitrogen and oxygen atoms in total. The molecule has 0 bridgehead atoms. The van der Waals surface area contributed by atoms with Crippen molar-refractivity contribution in [3.63, 3.8) is 0 Å². The number of hydrogen-bond acceptors (Lipinski definition) is 5. The maximum absolute atomic E-state index is 12.9. The first-order chi connectivity index (χ1) is 12.2. The summed E-state index contributed by atoms with van der Waals surface area (Å²) in [7, 11) is 1.89. The van der Waals surface area contributed by atoms with Gasteiger partial charge in [-0.2, -0.15) is 5.10 Å². The molecule has 2 aromatic heterocycles. The van der Waals surface area contributed by atoms with E-state index in [0.29, 0.717) is 38.5 Å². The van der Waals surface area contributed by atoms with Crippen LogP contribution in [0.5, 0.6) is 0 Å². The van der Waals surface area contributed by atoms with Crippen LogP contribution in [0.1, 0.15) is 23.3 Å². The molecule has 134 valence electrons. The van der Waals surface area contributed by atoms with E-state index in [1.807, 2.05) is 34.8 Å². The third-order valence-corrected chi connectivity index (χ3v) is 5.00. The Bertz CT molecular complexity index is 728. The van der Waals surface area contributed by atoms with Crippen LogP contribution in [0.4, 0.5) is 0 Å². The van der Waals surface area contributed by atoms with Gasteiger partial charge in [0.05, 0.1) is 32.4 Å². The van der Waals surface area contributed by atoms with Crippen molar-refractivity contribution in [1.29, 1.82) is 0 Å². The number of ether oxygens (including phenoxy) is 2. The smallest absolute Gasteiger partial charge is 0.270 e. The Morgan fingerprint density at radius 3 is 3.16 bits per heavy atom. The maximum Gasteiger partial charge on any atom is 0.270 e. The van der Waals surface area contributed by atoms with Crippen molar-refractivity contribution >= 4 is 5.91 Å². The van der Waals surface area contributed by atoms with Gasteiger partial charge < -0.3 is 18.9 Å². The minimum absolute atomic E-state index is 0.0284. The Kier molecular flexibility index (Phi) is 4.30. The molecule has 1 spiro atoms. The molecular weight excluding hydrogens is 322 g/mol. The topological polar surface area (TPSA) is 74.4 Å². The number of aromatic nitrogens is 4. The average molecular weight is 345 g/mol. The van der Waals surface area contributed by atoms with Crippen LogP contribution in [0.15, 0.2) is 31.0 Å². The summed E-state index contributed by atoms with van der Waals surface area (Å²) in [6, 6.07) is 3.74. The van der Waals surface area contributed by atoms with Gasteiger partial charge in [-0.05, 0) is 25.0 Å². The highest BCUT2D eigenvalue weighted by Crippen LogP contribution is 2.34. The van der Waals surface area contributed by atoms with Gasteiger partial charge >= 0.3 is 0 Å². The predicted molar refractivity (Wildman–Crippen MR) is 89.0 cm³/mol.